The molecule has 0 aliphatic heterocycles. The minimum Gasteiger partial charge on any atom is -0.481 e. The SMILES string of the molecule is NCCC(C(=O)O)C12CC3CC(CC(C3)C1)C2. The molecule has 0 aromatic heterocycles. The van der Waals surface area contributed by atoms with Crippen molar-refractivity contribution in [3.63, 3.8) is 0 Å². The van der Waals surface area contributed by atoms with Crippen molar-refractivity contribution in [2.24, 2.45) is 34.8 Å². The molecule has 3 heteroatoms. The van der Waals surface area contributed by atoms with E-state index in [4.69, 9.17) is 5.73 Å². The lowest BCUT2D eigenvalue weighted by molar-refractivity contribution is -0.158. The Bertz CT molecular complexity index is 291. The summed E-state index contributed by atoms with van der Waals surface area (Å²) in [5, 5.41) is 9.51. The molecular weight excluding hydrogens is 214 g/mol. The van der Waals surface area contributed by atoms with Crippen LogP contribution in [0.1, 0.15) is 44.9 Å². The van der Waals surface area contributed by atoms with Crippen LogP contribution in [-0.2, 0) is 4.79 Å². The standard InChI is InChI=1S/C14H23NO2/c15-2-1-12(13(16)17)14-6-9-3-10(7-14)5-11(4-9)8-14/h9-12H,1-8,15H2,(H,16,17). The highest BCUT2D eigenvalue weighted by atomic mass is 16.4. The van der Waals surface area contributed by atoms with E-state index in [0.29, 0.717) is 13.0 Å². The monoisotopic (exact) mass is 237 g/mol. The van der Waals surface area contributed by atoms with E-state index in [1.807, 2.05) is 0 Å². The van der Waals surface area contributed by atoms with Gasteiger partial charge in [0.15, 0.2) is 0 Å². The maximum absolute atomic E-state index is 11.5. The second-order valence-corrected chi connectivity index (χ2v) is 6.75. The summed E-state index contributed by atoms with van der Waals surface area (Å²) >= 11 is 0. The van der Waals surface area contributed by atoms with Crippen molar-refractivity contribution < 1.29 is 9.90 Å². The second kappa shape index (κ2) is 3.98. The zero-order valence-corrected chi connectivity index (χ0v) is 10.4. The van der Waals surface area contributed by atoms with Gasteiger partial charge in [0.1, 0.15) is 0 Å². The summed E-state index contributed by atoms with van der Waals surface area (Å²) in [7, 11) is 0. The van der Waals surface area contributed by atoms with Gasteiger partial charge in [0.05, 0.1) is 5.92 Å². The molecule has 4 saturated carbocycles. The van der Waals surface area contributed by atoms with E-state index < -0.39 is 5.97 Å². The van der Waals surface area contributed by atoms with Crippen molar-refractivity contribution in [1.29, 1.82) is 0 Å². The van der Waals surface area contributed by atoms with Gasteiger partial charge < -0.3 is 10.8 Å². The molecule has 0 radical (unpaired) electrons. The molecular formula is C14H23NO2. The van der Waals surface area contributed by atoms with Gasteiger partial charge >= 0.3 is 5.97 Å². The van der Waals surface area contributed by atoms with Crippen LogP contribution in [0.2, 0.25) is 0 Å². The van der Waals surface area contributed by atoms with E-state index in [1.54, 1.807) is 0 Å². The molecule has 3 nitrogen and oxygen atoms in total. The molecule has 3 N–H and O–H groups in total. The molecule has 0 amide bonds. The number of carboxylic acids is 1. The number of hydrogen-bond donors (Lipinski definition) is 2. The van der Waals surface area contributed by atoms with E-state index in [1.165, 1.54) is 19.3 Å². The van der Waals surface area contributed by atoms with Gasteiger partial charge in [-0.1, -0.05) is 0 Å². The molecule has 96 valence electrons. The van der Waals surface area contributed by atoms with Gasteiger partial charge in [-0.15, -0.1) is 0 Å². The topological polar surface area (TPSA) is 63.3 Å². The number of nitrogens with two attached hydrogens (primary N) is 1. The van der Waals surface area contributed by atoms with Crippen molar-refractivity contribution in [3.8, 4) is 0 Å². The van der Waals surface area contributed by atoms with Gasteiger partial charge in [0.2, 0.25) is 0 Å². The maximum atomic E-state index is 11.5. The quantitative estimate of drug-likeness (QED) is 0.788. The second-order valence-electron chi connectivity index (χ2n) is 6.75. The van der Waals surface area contributed by atoms with Gasteiger partial charge in [-0.25, -0.2) is 0 Å². The molecule has 1 unspecified atom stereocenters. The fourth-order valence-electron chi connectivity index (χ4n) is 5.46. The Balaban J connectivity index is 1.87. The van der Waals surface area contributed by atoms with Crippen molar-refractivity contribution in [1.82, 2.24) is 0 Å². The van der Waals surface area contributed by atoms with Gasteiger partial charge in [-0.05, 0) is 74.7 Å². The zero-order valence-electron chi connectivity index (χ0n) is 10.4. The molecule has 1 atom stereocenters. The number of carboxylic acid groups (broad SMARTS) is 1. The summed E-state index contributed by atoms with van der Waals surface area (Å²) < 4.78 is 0. The minimum absolute atomic E-state index is 0.111. The number of rotatable bonds is 4. The summed E-state index contributed by atoms with van der Waals surface area (Å²) in [4.78, 5) is 11.5. The van der Waals surface area contributed by atoms with Gasteiger partial charge in [0, 0.05) is 0 Å². The number of hydrogen-bond acceptors (Lipinski definition) is 2. The van der Waals surface area contributed by atoms with Crippen molar-refractivity contribution in [2.75, 3.05) is 6.54 Å². The molecule has 4 rings (SSSR count). The summed E-state index contributed by atoms with van der Waals surface area (Å²) in [5.41, 5.74) is 5.73. The molecule has 0 aromatic carbocycles. The molecule has 17 heavy (non-hydrogen) atoms. The van der Waals surface area contributed by atoms with E-state index >= 15 is 0 Å². The van der Waals surface area contributed by atoms with E-state index in [2.05, 4.69) is 0 Å². The normalized spacial score (nSPS) is 44.9. The van der Waals surface area contributed by atoms with E-state index in [9.17, 15) is 9.90 Å². The van der Waals surface area contributed by atoms with E-state index in [0.717, 1.165) is 37.0 Å². The lowest BCUT2D eigenvalue weighted by atomic mass is 9.46. The molecule has 0 saturated heterocycles. The van der Waals surface area contributed by atoms with Crippen molar-refractivity contribution in [3.05, 3.63) is 0 Å². The van der Waals surface area contributed by atoms with Gasteiger partial charge in [-0.2, -0.15) is 0 Å². The molecule has 0 heterocycles. The Labute approximate surface area is 103 Å². The lowest BCUT2D eigenvalue weighted by Gasteiger charge is -2.58. The van der Waals surface area contributed by atoms with Crippen LogP contribution in [0.3, 0.4) is 0 Å². The van der Waals surface area contributed by atoms with Crippen molar-refractivity contribution in [2.45, 2.75) is 44.9 Å². The average molecular weight is 237 g/mol. The molecule has 0 aromatic rings. The van der Waals surface area contributed by atoms with Crippen LogP contribution in [0.25, 0.3) is 0 Å². The predicted molar refractivity (Wildman–Crippen MR) is 65.4 cm³/mol. The van der Waals surface area contributed by atoms with Crippen LogP contribution >= 0.6 is 0 Å². The lowest BCUT2D eigenvalue weighted by Crippen LogP contribution is -2.51. The Morgan fingerprint density at radius 2 is 1.65 bits per heavy atom. The highest BCUT2D eigenvalue weighted by Crippen LogP contribution is 2.63. The fourth-order valence-corrected chi connectivity index (χ4v) is 5.46. The third kappa shape index (κ3) is 1.79. The minimum atomic E-state index is -0.600. The first-order valence-electron chi connectivity index (χ1n) is 7.06. The largest absolute Gasteiger partial charge is 0.481 e. The average Bonchev–Trinajstić information content (AvgIpc) is 2.23. The summed E-state index contributed by atoms with van der Waals surface area (Å²) in [6, 6.07) is 0. The van der Waals surface area contributed by atoms with E-state index in [-0.39, 0.29) is 11.3 Å². The molecule has 0 spiro atoms. The first-order valence-corrected chi connectivity index (χ1v) is 7.06. The van der Waals surface area contributed by atoms with Crippen LogP contribution in [0.4, 0.5) is 0 Å². The zero-order chi connectivity index (χ0) is 12.0. The highest BCUT2D eigenvalue weighted by molar-refractivity contribution is 5.71. The summed E-state index contributed by atoms with van der Waals surface area (Å²) in [6.45, 7) is 0.513. The molecule has 4 aliphatic rings. The predicted octanol–water partition coefficient (Wildman–Crippen LogP) is 2.25. The number of aliphatic carboxylic acids is 1. The van der Waals surface area contributed by atoms with Crippen LogP contribution in [-0.4, -0.2) is 17.6 Å². The summed E-state index contributed by atoms with van der Waals surface area (Å²) in [6.07, 6.45) is 8.26. The third-order valence-corrected chi connectivity index (χ3v) is 5.58. The molecule has 4 fully saturated rings. The Hall–Kier alpha value is -0.570. The molecule has 4 bridgehead atoms. The first-order chi connectivity index (χ1) is 8.13. The smallest absolute Gasteiger partial charge is 0.307 e. The summed E-state index contributed by atoms with van der Waals surface area (Å²) in [5.74, 6) is 1.68. The number of carbonyl (C=O) groups is 1. The van der Waals surface area contributed by atoms with Gasteiger partial charge in [0.25, 0.3) is 0 Å². The van der Waals surface area contributed by atoms with Crippen LogP contribution in [0.15, 0.2) is 0 Å². The van der Waals surface area contributed by atoms with Gasteiger partial charge in [-0.3, -0.25) is 4.79 Å². The highest BCUT2D eigenvalue weighted by Gasteiger charge is 2.55. The van der Waals surface area contributed by atoms with Crippen LogP contribution in [0, 0.1) is 29.1 Å². The maximum Gasteiger partial charge on any atom is 0.307 e. The third-order valence-electron chi connectivity index (χ3n) is 5.58. The van der Waals surface area contributed by atoms with Crippen LogP contribution < -0.4 is 5.73 Å². The Morgan fingerprint density at radius 1 is 1.18 bits per heavy atom. The first kappa shape index (κ1) is 11.5. The van der Waals surface area contributed by atoms with Crippen LogP contribution in [0.5, 0.6) is 0 Å². The molecule has 4 aliphatic carbocycles. The fraction of sp³-hybridized carbons (Fsp3) is 0.929. The van der Waals surface area contributed by atoms with Crippen molar-refractivity contribution >= 4 is 5.97 Å². The Morgan fingerprint density at radius 3 is 2.00 bits per heavy atom. The Kier molecular flexibility index (Phi) is 2.69.